The number of rotatable bonds is 4. The van der Waals surface area contributed by atoms with Crippen LogP contribution in [0.2, 0.25) is 0 Å². The van der Waals surface area contributed by atoms with E-state index in [9.17, 15) is 14.7 Å². The minimum Gasteiger partial charge on any atom is -0.548 e. The van der Waals surface area contributed by atoms with Gasteiger partial charge in [-0.05, 0) is 24.1 Å². The van der Waals surface area contributed by atoms with Gasteiger partial charge < -0.3 is 9.90 Å². The first-order chi connectivity index (χ1) is 11.0. The molecule has 0 radical (unpaired) electrons. The lowest BCUT2D eigenvalue weighted by molar-refractivity contribution is -0.310. The first kappa shape index (κ1) is 15.9. The van der Waals surface area contributed by atoms with E-state index in [0.29, 0.717) is 10.2 Å². The number of aromatic nitrogens is 2. The van der Waals surface area contributed by atoms with Crippen LogP contribution >= 0.6 is 27.3 Å². The quantitative estimate of drug-likeness (QED) is 0.684. The van der Waals surface area contributed by atoms with Gasteiger partial charge in [-0.1, -0.05) is 35.0 Å². The Hall–Kier alpha value is -1.99. The van der Waals surface area contributed by atoms with Crippen LogP contribution < -0.4 is 10.7 Å². The third-order valence-electron chi connectivity index (χ3n) is 3.67. The summed E-state index contributed by atoms with van der Waals surface area (Å²) in [6.45, 7) is 1.69. The van der Waals surface area contributed by atoms with Gasteiger partial charge in [-0.25, -0.2) is 4.98 Å². The summed E-state index contributed by atoms with van der Waals surface area (Å²) in [5.41, 5.74) is 1.29. The Morgan fingerprint density at radius 3 is 2.70 bits per heavy atom. The maximum absolute atomic E-state index is 12.8. The largest absolute Gasteiger partial charge is 0.548 e. The van der Waals surface area contributed by atoms with Crippen LogP contribution in [0.5, 0.6) is 0 Å². The number of carbonyl (C=O) groups is 1. The molecule has 0 fully saturated rings. The zero-order chi connectivity index (χ0) is 16.6. The fraction of sp³-hybridized carbons (Fsp3) is 0.188. The molecule has 0 aliphatic carbocycles. The lowest BCUT2D eigenvalue weighted by atomic mass is 10.1. The third kappa shape index (κ3) is 2.82. The minimum atomic E-state index is -1.28. The molecule has 2 heterocycles. The first-order valence-electron chi connectivity index (χ1n) is 6.98. The van der Waals surface area contributed by atoms with Crippen LogP contribution in [-0.4, -0.2) is 15.5 Å². The van der Waals surface area contributed by atoms with E-state index in [1.54, 1.807) is 6.92 Å². The molecule has 0 spiro atoms. The van der Waals surface area contributed by atoms with Crippen molar-refractivity contribution >= 4 is 43.5 Å². The molecular weight excluding hydrogens is 380 g/mol. The molecule has 23 heavy (non-hydrogen) atoms. The Labute approximate surface area is 144 Å². The van der Waals surface area contributed by atoms with Crippen molar-refractivity contribution in [1.29, 1.82) is 0 Å². The van der Waals surface area contributed by atoms with Crippen molar-refractivity contribution in [3.05, 3.63) is 50.8 Å². The van der Waals surface area contributed by atoms with Gasteiger partial charge in [0, 0.05) is 15.4 Å². The summed E-state index contributed by atoms with van der Waals surface area (Å²) >= 11 is 4.75. The van der Waals surface area contributed by atoms with Gasteiger partial charge in [-0.3, -0.25) is 9.36 Å². The van der Waals surface area contributed by atoms with Crippen LogP contribution in [0, 0.1) is 0 Å². The number of benzene rings is 1. The van der Waals surface area contributed by atoms with Gasteiger partial charge in [0.25, 0.3) is 5.56 Å². The summed E-state index contributed by atoms with van der Waals surface area (Å²) in [5, 5.41) is 13.6. The van der Waals surface area contributed by atoms with Crippen molar-refractivity contribution in [2.75, 3.05) is 0 Å². The second kappa shape index (κ2) is 6.25. The number of hydrogen-bond acceptors (Lipinski definition) is 5. The summed E-state index contributed by atoms with van der Waals surface area (Å²) in [4.78, 5) is 28.9. The molecule has 1 unspecified atom stereocenters. The SMILES string of the molecule is CCC(C(=O)[O-])n1cnc2scc(-c3ccc(Br)cc3)c2c1=O. The van der Waals surface area contributed by atoms with Gasteiger partial charge in [-0.15, -0.1) is 11.3 Å². The van der Waals surface area contributed by atoms with Crippen molar-refractivity contribution < 1.29 is 9.90 Å². The van der Waals surface area contributed by atoms with E-state index in [-0.39, 0.29) is 12.0 Å². The Balaban J connectivity index is 2.24. The number of thiophene rings is 1. The highest BCUT2D eigenvalue weighted by atomic mass is 79.9. The normalized spacial score (nSPS) is 12.4. The van der Waals surface area contributed by atoms with Crippen LogP contribution in [-0.2, 0) is 4.79 Å². The molecule has 3 aromatic rings. The molecule has 0 amide bonds. The van der Waals surface area contributed by atoms with Gasteiger partial charge in [0.1, 0.15) is 4.83 Å². The van der Waals surface area contributed by atoms with Crippen LogP contribution in [0.1, 0.15) is 19.4 Å². The maximum Gasteiger partial charge on any atom is 0.263 e. The number of carboxylic acids is 1. The van der Waals surface area contributed by atoms with Crippen LogP contribution in [0.15, 0.2) is 45.2 Å². The lowest BCUT2D eigenvalue weighted by Crippen LogP contribution is -2.37. The number of fused-ring (bicyclic) bond motifs is 1. The molecule has 1 aromatic carbocycles. The highest BCUT2D eigenvalue weighted by Crippen LogP contribution is 2.31. The topological polar surface area (TPSA) is 75.0 Å². The molecule has 118 valence electrons. The molecule has 0 aliphatic rings. The molecule has 7 heteroatoms. The summed E-state index contributed by atoms with van der Waals surface area (Å²) in [7, 11) is 0. The van der Waals surface area contributed by atoms with Crippen molar-refractivity contribution in [2.24, 2.45) is 0 Å². The average molecular weight is 392 g/mol. The van der Waals surface area contributed by atoms with Gasteiger partial charge >= 0.3 is 0 Å². The Kier molecular flexibility index (Phi) is 4.32. The van der Waals surface area contributed by atoms with Crippen LogP contribution in [0.25, 0.3) is 21.3 Å². The summed E-state index contributed by atoms with van der Waals surface area (Å²) in [6.07, 6.45) is 1.55. The minimum absolute atomic E-state index is 0.257. The zero-order valence-electron chi connectivity index (χ0n) is 12.2. The fourth-order valence-corrected chi connectivity index (χ4v) is 3.66. The Morgan fingerprint density at radius 1 is 1.39 bits per heavy atom. The van der Waals surface area contributed by atoms with Crippen molar-refractivity contribution in [3.63, 3.8) is 0 Å². The molecule has 0 bridgehead atoms. The second-order valence-electron chi connectivity index (χ2n) is 5.04. The number of hydrogen-bond donors (Lipinski definition) is 0. The van der Waals surface area contributed by atoms with E-state index in [1.165, 1.54) is 17.7 Å². The fourth-order valence-electron chi connectivity index (χ4n) is 2.49. The predicted molar refractivity (Wildman–Crippen MR) is 91.4 cm³/mol. The number of halogens is 1. The van der Waals surface area contributed by atoms with E-state index >= 15 is 0 Å². The predicted octanol–water partition coefficient (Wildman–Crippen LogP) is 2.59. The molecule has 0 saturated carbocycles. The molecular formula is C16H12BrN2O3S-. The van der Waals surface area contributed by atoms with Gasteiger partial charge in [0.05, 0.1) is 23.7 Å². The van der Waals surface area contributed by atoms with Crippen LogP contribution in [0.4, 0.5) is 0 Å². The monoisotopic (exact) mass is 391 g/mol. The highest BCUT2D eigenvalue weighted by Gasteiger charge is 2.17. The molecule has 5 nitrogen and oxygen atoms in total. The van der Waals surface area contributed by atoms with E-state index in [2.05, 4.69) is 20.9 Å². The number of carboxylic acid groups (broad SMARTS) is 1. The molecule has 0 saturated heterocycles. The number of aliphatic carboxylic acids is 1. The average Bonchev–Trinajstić information content (AvgIpc) is 2.95. The van der Waals surface area contributed by atoms with E-state index in [1.807, 2.05) is 29.6 Å². The highest BCUT2D eigenvalue weighted by molar-refractivity contribution is 9.10. The molecule has 0 N–H and O–H groups in total. The van der Waals surface area contributed by atoms with Gasteiger partial charge in [0.15, 0.2) is 0 Å². The zero-order valence-corrected chi connectivity index (χ0v) is 14.6. The molecule has 3 rings (SSSR count). The third-order valence-corrected chi connectivity index (χ3v) is 5.08. The number of carbonyl (C=O) groups excluding carboxylic acids is 1. The van der Waals surface area contributed by atoms with Crippen molar-refractivity contribution in [3.8, 4) is 11.1 Å². The van der Waals surface area contributed by atoms with Gasteiger partial charge in [-0.2, -0.15) is 0 Å². The standard InChI is InChI=1S/C16H13BrN2O3S/c1-2-12(16(21)22)19-8-18-14-13(15(19)20)11(7-23-14)9-3-5-10(17)6-4-9/h3-8,12H,2H2,1H3,(H,21,22)/p-1. The Bertz CT molecular complexity index is 931. The summed E-state index contributed by atoms with van der Waals surface area (Å²) < 4.78 is 2.09. The van der Waals surface area contributed by atoms with Crippen molar-refractivity contribution in [1.82, 2.24) is 9.55 Å². The first-order valence-corrected chi connectivity index (χ1v) is 8.65. The summed E-state index contributed by atoms with van der Waals surface area (Å²) in [5.74, 6) is -1.28. The molecule has 0 aliphatic heterocycles. The van der Waals surface area contributed by atoms with E-state index < -0.39 is 12.0 Å². The van der Waals surface area contributed by atoms with Crippen molar-refractivity contribution in [2.45, 2.75) is 19.4 Å². The smallest absolute Gasteiger partial charge is 0.263 e. The van der Waals surface area contributed by atoms with E-state index in [4.69, 9.17) is 0 Å². The number of nitrogens with zero attached hydrogens (tertiary/aromatic N) is 2. The van der Waals surface area contributed by atoms with E-state index in [0.717, 1.165) is 20.2 Å². The Morgan fingerprint density at radius 2 is 2.09 bits per heavy atom. The summed E-state index contributed by atoms with van der Waals surface area (Å²) in [6, 6.07) is 6.57. The van der Waals surface area contributed by atoms with Gasteiger partial charge in [0.2, 0.25) is 0 Å². The molecule has 2 aromatic heterocycles. The molecule has 1 atom stereocenters. The lowest BCUT2D eigenvalue weighted by Gasteiger charge is -2.18. The maximum atomic E-state index is 12.8. The van der Waals surface area contributed by atoms with Crippen LogP contribution in [0.3, 0.4) is 0 Å². The second-order valence-corrected chi connectivity index (χ2v) is 6.81.